The van der Waals surface area contributed by atoms with Gasteiger partial charge in [-0.25, -0.2) is 0 Å². The van der Waals surface area contributed by atoms with Crippen molar-refractivity contribution in [2.24, 2.45) is 0 Å². The molecule has 3 heteroatoms. The maximum atomic E-state index is 11.6. The molecule has 1 aromatic carbocycles. The van der Waals surface area contributed by atoms with Crippen molar-refractivity contribution in [1.29, 1.82) is 0 Å². The molecule has 0 saturated heterocycles. The Balaban J connectivity index is 2.41. The van der Waals surface area contributed by atoms with Crippen LogP contribution in [0.25, 0.3) is 6.08 Å². The fraction of sp³-hybridized carbons (Fsp3) is 0.400. The molecule has 0 saturated carbocycles. The summed E-state index contributed by atoms with van der Waals surface area (Å²) in [6, 6.07) is 7.65. The molecule has 18 heavy (non-hydrogen) atoms. The summed E-state index contributed by atoms with van der Waals surface area (Å²) in [4.78, 5) is 11.6. The minimum atomic E-state index is -0.0459. The van der Waals surface area contributed by atoms with E-state index >= 15 is 0 Å². The van der Waals surface area contributed by atoms with Crippen molar-refractivity contribution in [3.63, 3.8) is 0 Å². The van der Waals surface area contributed by atoms with Gasteiger partial charge in [-0.15, -0.1) is 0 Å². The SMILES string of the molecule is CCCCC(C)NC(=O)/C=C/c1ccc(N)cc1. The highest BCUT2D eigenvalue weighted by atomic mass is 16.1. The number of hydrogen-bond acceptors (Lipinski definition) is 2. The number of carbonyl (C=O) groups is 1. The molecule has 0 aliphatic rings. The Hall–Kier alpha value is -1.77. The van der Waals surface area contributed by atoms with Gasteiger partial charge in [0.1, 0.15) is 0 Å². The predicted octanol–water partition coefficient (Wildman–Crippen LogP) is 2.98. The third-order valence-electron chi connectivity index (χ3n) is 2.74. The maximum absolute atomic E-state index is 11.6. The molecular formula is C15H22N2O. The van der Waals surface area contributed by atoms with Crippen molar-refractivity contribution < 1.29 is 4.79 Å². The van der Waals surface area contributed by atoms with E-state index in [4.69, 9.17) is 5.73 Å². The molecule has 0 radical (unpaired) electrons. The molecule has 3 N–H and O–H groups in total. The van der Waals surface area contributed by atoms with E-state index in [0.29, 0.717) is 0 Å². The molecular weight excluding hydrogens is 224 g/mol. The molecule has 0 bridgehead atoms. The molecule has 0 aromatic heterocycles. The van der Waals surface area contributed by atoms with Crippen molar-refractivity contribution >= 4 is 17.7 Å². The number of nitrogen functional groups attached to an aromatic ring is 1. The number of nitrogens with two attached hydrogens (primary N) is 1. The highest BCUT2D eigenvalue weighted by molar-refractivity contribution is 5.91. The van der Waals surface area contributed by atoms with Gasteiger partial charge in [0.05, 0.1) is 0 Å². The van der Waals surface area contributed by atoms with E-state index in [-0.39, 0.29) is 11.9 Å². The number of hydrogen-bond donors (Lipinski definition) is 2. The van der Waals surface area contributed by atoms with Gasteiger partial charge >= 0.3 is 0 Å². The van der Waals surface area contributed by atoms with Crippen LogP contribution in [0.2, 0.25) is 0 Å². The Morgan fingerprint density at radius 2 is 2.06 bits per heavy atom. The zero-order valence-corrected chi connectivity index (χ0v) is 11.1. The second kappa shape index (κ2) is 7.54. The van der Waals surface area contributed by atoms with Crippen molar-refractivity contribution in [2.75, 3.05) is 5.73 Å². The number of nitrogens with one attached hydrogen (secondary N) is 1. The quantitative estimate of drug-likeness (QED) is 0.599. The van der Waals surface area contributed by atoms with E-state index in [1.807, 2.05) is 31.2 Å². The summed E-state index contributed by atoms with van der Waals surface area (Å²) in [6.07, 6.45) is 6.68. The number of anilines is 1. The monoisotopic (exact) mass is 246 g/mol. The first kappa shape index (κ1) is 14.3. The zero-order chi connectivity index (χ0) is 13.4. The maximum Gasteiger partial charge on any atom is 0.244 e. The minimum Gasteiger partial charge on any atom is -0.399 e. The third-order valence-corrected chi connectivity index (χ3v) is 2.74. The van der Waals surface area contributed by atoms with Crippen LogP contribution in [-0.4, -0.2) is 11.9 Å². The summed E-state index contributed by atoms with van der Waals surface area (Å²) in [6.45, 7) is 4.18. The number of carbonyl (C=O) groups excluding carboxylic acids is 1. The summed E-state index contributed by atoms with van der Waals surface area (Å²) in [7, 11) is 0. The summed E-state index contributed by atoms with van der Waals surface area (Å²) in [5.74, 6) is -0.0459. The van der Waals surface area contributed by atoms with Gasteiger partial charge in [0.25, 0.3) is 0 Å². The van der Waals surface area contributed by atoms with Crippen LogP contribution in [0, 0.1) is 0 Å². The second-order valence-corrected chi connectivity index (χ2v) is 4.55. The van der Waals surface area contributed by atoms with Gasteiger partial charge in [0.2, 0.25) is 5.91 Å². The largest absolute Gasteiger partial charge is 0.399 e. The fourth-order valence-electron chi connectivity index (χ4n) is 1.65. The van der Waals surface area contributed by atoms with Gasteiger partial charge in [-0.1, -0.05) is 31.9 Å². The number of unbranched alkanes of at least 4 members (excludes halogenated alkanes) is 1. The lowest BCUT2D eigenvalue weighted by Gasteiger charge is -2.11. The molecule has 0 heterocycles. The molecule has 0 aliphatic heterocycles. The highest BCUT2D eigenvalue weighted by Crippen LogP contribution is 2.07. The molecule has 98 valence electrons. The lowest BCUT2D eigenvalue weighted by molar-refractivity contribution is -0.117. The molecule has 0 spiro atoms. The van der Waals surface area contributed by atoms with Gasteiger partial charge in [-0.3, -0.25) is 4.79 Å². The Bertz CT molecular complexity index is 395. The normalized spacial score (nSPS) is 12.6. The zero-order valence-electron chi connectivity index (χ0n) is 11.1. The minimum absolute atomic E-state index is 0.0459. The van der Waals surface area contributed by atoms with Crippen molar-refractivity contribution in [3.05, 3.63) is 35.9 Å². The smallest absolute Gasteiger partial charge is 0.244 e. The van der Waals surface area contributed by atoms with Crippen LogP contribution < -0.4 is 11.1 Å². The van der Waals surface area contributed by atoms with Crippen molar-refractivity contribution in [1.82, 2.24) is 5.32 Å². The van der Waals surface area contributed by atoms with Crippen LogP contribution in [0.3, 0.4) is 0 Å². The molecule has 0 aliphatic carbocycles. The first-order chi connectivity index (χ1) is 8.61. The molecule has 1 rings (SSSR count). The molecule has 1 atom stereocenters. The average molecular weight is 246 g/mol. The van der Waals surface area contributed by atoms with Gasteiger partial charge in [0, 0.05) is 17.8 Å². The lowest BCUT2D eigenvalue weighted by Crippen LogP contribution is -2.30. The molecule has 1 unspecified atom stereocenters. The van der Waals surface area contributed by atoms with Crippen LogP contribution >= 0.6 is 0 Å². The summed E-state index contributed by atoms with van der Waals surface area (Å²) >= 11 is 0. The topological polar surface area (TPSA) is 55.1 Å². The Morgan fingerprint density at radius 3 is 2.67 bits per heavy atom. The Kier molecular flexibility index (Phi) is 5.98. The standard InChI is InChI=1S/C15H22N2O/c1-3-4-5-12(2)17-15(18)11-8-13-6-9-14(16)10-7-13/h6-12H,3-5,16H2,1-2H3,(H,17,18)/b11-8+. The van der Waals surface area contributed by atoms with E-state index in [0.717, 1.165) is 30.5 Å². The summed E-state index contributed by atoms with van der Waals surface area (Å²) in [5, 5.41) is 2.95. The van der Waals surface area contributed by atoms with Crippen molar-refractivity contribution in [3.8, 4) is 0 Å². The van der Waals surface area contributed by atoms with E-state index < -0.39 is 0 Å². The van der Waals surface area contributed by atoms with Gasteiger partial charge < -0.3 is 11.1 Å². The van der Waals surface area contributed by atoms with Crippen LogP contribution in [-0.2, 0) is 4.79 Å². The van der Waals surface area contributed by atoms with E-state index in [2.05, 4.69) is 12.2 Å². The number of benzene rings is 1. The Morgan fingerprint density at radius 1 is 1.39 bits per heavy atom. The van der Waals surface area contributed by atoms with Crippen LogP contribution in [0.1, 0.15) is 38.7 Å². The Labute approximate surface area is 109 Å². The fourth-order valence-corrected chi connectivity index (χ4v) is 1.65. The second-order valence-electron chi connectivity index (χ2n) is 4.55. The first-order valence-electron chi connectivity index (χ1n) is 6.46. The van der Waals surface area contributed by atoms with Crippen LogP contribution in [0.5, 0.6) is 0 Å². The van der Waals surface area contributed by atoms with Crippen LogP contribution in [0.4, 0.5) is 5.69 Å². The average Bonchev–Trinajstić information content (AvgIpc) is 2.35. The van der Waals surface area contributed by atoms with Crippen molar-refractivity contribution in [2.45, 2.75) is 39.2 Å². The first-order valence-corrected chi connectivity index (χ1v) is 6.46. The van der Waals surface area contributed by atoms with E-state index in [1.165, 1.54) is 0 Å². The van der Waals surface area contributed by atoms with E-state index in [9.17, 15) is 4.79 Å². The van der Waals surface area contributed by atoms with E-state index in [1.54, 1.807) is 12.2 Å². The highest BCUT2D eigenvalue weighted by Gasteiger charge is 2.03. The van der Waals surface area contributed by atoms with Gasteiger partial charge in [-0.2, -0.15) is 0 Å². The summed E-state index contributed by atoms with van der Waals surface area (Å²) in [5.41, 5.74) is 7.29. The summed E-state index contributed by atoms with van der Waals surface area (Å²) < 4.78 is 0. The molecule has 0 fully saturated rings. The third kappa shape index (κ3) is 5.53. The number of amides is 1. The number of rotatable bonds is 6. The lowest BCUT2D eigenvalue weighted by atomic mass is 10.1. The predicted molar refractivity (Wildman–Crippen MR) is 77.0 cm³/mol. The van der Waals surface area contributed by atoms with Gasteiger partial charge in [-0.05, 0) is 37.1 Å². The molecule has 1 aromatic rings. The van der Waals surface area contributed by atoms with Crippen LogP contribution in [0.15, 0.2) is 30.3 Å². The molecule has 1 amide bonds. The van der Waals surface area contributed by atoms with Gasteiger partial charge in [0.15, 0.2) is 0 Å². The molecule has 3 nitrogen and oxygen atoms in total.